The van der Waals surface area contributed by atoms with Gasteiger partial charge in [0.05, 0.1) is 12.8 Å². The van der Waals surface area contributed by atoms with Crippen LogP contribution in [0.25, 0.3) is 5.82 Å². The lowest BCUT2D eigenvalue weighted by Gasteiger charge is -2.25. The van der Waals surface area contributed by atoms with E-state index in [1.165, 1.54) is 0 Å². The number of para-hydroxylation sites is 1. The SMILES string of the molecule is COc1ccccc1C1CC(=O)Nc2c1c(C)nn2-c1ccc(Cl)nn1. The minimum Gasteiger partial charge on any atom is -0.496 e. The lowest BCUT2D eigenvalue weighted by atomic mass is 9.85. The predicted molar refractivity (Wildman–Crippen MR) is 97.0 cm³/mol. The Kier molecular flexibility index (Phi) is 4.08. The van der Waals surface area contributed by atoms with E-state index in [2.05, 4.69) is 20.6 Å². The van der Waals surface area contributed by atoms with Crippen LogP contribution in [-0.4, -0.2) is 33.0 Å². The number of anilines is 1. The highest BCUT2D eigenvalue weighted by Gasteiger charge is 2.34. The number of halogens is 1. The second-order valence-corrected chi connectivity index (χ2v) is 6.41. The molecule has 1 amide bonds. The van der Waals surface area contributed by atoms with Crippen LogP contribution in [-0.2, 0) is 4.79 Å². The van der Waals surface area contributed by atoms with E-state index in [9.17, 15) is 4.79 Å². The van der Waals surface area contributed by atoms with Crippen LogP contribution in [0, 0.1) is 6.92 Å². The highest BCUT2D eigenvalue weighted by Crippen LogP contribution is 2.42. The van der Waals surface area contributed by atoms with Crippen molar-refractivity contribution in [3.8, 4) is 11.6 Å². The van der Waals surface area contributed by atoms with E-state index in [0.29, 0.717) is 23.2 Å². The smallest absolute Gasteiger partial charge is 0.226 e. The van der Waals surface area contributed by atoms with Gasteiger partial charge >= 0.3 is 0 Å². The molecule has 0 radical (unpaired) electrons. The van der Waals surface area contributed by atoms with Crippen molar-refractivity contribution in [2.45, 2.75) is 19.3 Å². The summed E-state index contributed by atoms with van der Waals surface area (Å²) in [7, 11) is 1.63. The minimum atomic E-state index is -0.149. The van der Waals surface area contributed by atoms with Gasteiger partial charge in [0.15, 0.2) is 11.0 Å². The lowest BCUT2D eigenvalue weighted by Crippen LogP contribution is -2.25. The van der Waals surface area contributed by atoms with Crippen LogP contribution in [0.5, 0.6) is 5.75 Å². The van der Waals surface area contributed by atoms with Gasteiger partial charge in [-0.2, -0.15) is 9.78 Å². The summed E-state index contributed by atoms with van der Waals surface area (Å²) in [5.41, 5.74) is 2.72. The van der Waals surface area contributed by atoms with Crippen molar-refractivity contribution in [2.75, 3.05) is 12.4 Å². The Morgan fingerprint density at radius 2 is 2.04 bits per heavy atom. The summed E-state index contributed by atoms with van der Waals surface area (Å²) < 4.78 is 7.09. The van der Waals surface area contributed by atoms with E-state index in [1.807, 2.05) is 31.2 Å². The number of carbonyl (C=O) groups is 1. The molecule has 1 atom stereocenters. The first-order valence-electron chi connectivity index (χ1n) is 8.10. The topological polar surface area (TPSA) is 81.9 Å². The van der Waals surface area contributed by atoms with Gasteiger partial charge in [0, 0.05) is 23.5 Å². The molecular formula is C18H16ClN5O2. The van der Waals surface area contributed by atoms with Crippen LogP contribution in [0.4, 0.5) is 5.82 Å². The summed E-state index contributed by atoms with van der Waals surface area (Å²) in [5.74, 6) is 1.60. The standard InChI is InChI=1S/C18H16ClN5O2/c1-10-17-12(11-5-3-4-6-13(11)26-2)9-16(25)20-18(17)24(23-10)15-8-7-14(19)21-22-15/h3-8,12H,9H2,1-2H3,(H,20,25). The van der Waals surface area contributed by atoms with E-state index in [0.717, 1.165) is 22.6 Å². The monoisotopic (exact) mass is 369 g/mol. The van der Waals surface area contributed by atoms with E-state index in [-0.39, 0.29) is 11.8 Å². The fraction of sp³-hybridized carbons (Fsp3) is 0.222. The molecule has 1 aliphatic heterocycles. The van der Waals surface area contributed by atoms with Gasteiger partial charge in [0.2, 0.25) is 5.91 Å². The molecule has 0 spiro atoms. The Balaban J connectivity index is 1.89. The highest BCUT2D eigenvalue weighted by molar-refractivity contribution is 6.29. The quantitative estimate of drug-likeness (QED) is 0.767. The zero-order chi connectivity index (χ0) is 18.3. The summed E-state index contributed by atoms with van der Waals surface area (Å²) in [5, 5.41) is 15.7. The molecule has 7 nitrogen and oxygen atoms in total. The number of amides is 1. The molecule has 1 aliphatic rings. The first-order valence-corrected chi connectivity index (χ1v) is 8.48. The number of aromatic nitrogens is 4. The van der Waals surface area contributed by atoms with Crippen molar-refractivity contribution in [3.05, 3.63) is 58.4 Å². The van der Waals surface area contributed by atoms with Gasteiger partial charge in [0.1, 0.15) is 11.6 Å². The molecule has 0 bridgehead atoms. The number of benzene rings is 1. The molecule has 2 aromatic heterocycles. The Hall–Kier alpha value is -2.93. The third kappa shape index (κ3) is 2.70. The molecule has 4 rings (SSSR count). The van der Waals surface area contributed by atoms with Crippen molar-refractivity contribution < 1.29 is 9.53 Å². The molecule has 26 heavy (non-hydrogen) atoms. The summed E-state index contributed by atoms with van der Waals surface area (Å²) in [6.45, 7) is 1.92. The number of hydrogen-bond acceptors (Lipinski definition) is 5. The number of nitrogens with zero attached hydrogens (tertiary/aromatic N) is 4. The van der Waals surface area contributed by atoms with Crippen LogP contribution in [0.3, 0.4) is 0 Å². The van der Waals surface area contributed by atoms with Gasteiger partial charge in [-0.05, 0) is 25.1 Å². The Morgan fingerprint density at radius 3 is 2.77 bits per heavy atom. The van der Waals surface area contributed by atoms with Crippen molar-refractivity contribution in [2.24, 2.45) is 0 Å². The van der Waals surface area contributed by atoms with Crippen LogP contribution in [0.15, 0.2) is 36.4 Å². The second kappa shape index (κ2) is 6.42. The molecule has 132 valence electrons. The van der Waals surface area contributed by atoms with Gasteiger partial charge in [-0.1, -0.05) is 29.8 Å². The van der Waals surface area contributed by atoms with Crippen molar-refractivity contribution in [3.63, 3.8) is 0 Å². The van der Waals surface area contributed by atoms with Crippen LogP contribution >= 0.6 is 11.6 Å². The third-order valence-corrected chi connectivity index (χ3v) is 4.65. The number of fused-ring (bicyclic) bond motifs is 1. The van der Waals surface area contributed by atoms with Crippen molar-refractivity contribution in [1.29, 1.82) is 0 Å². The molecule has 0 saturated carbocycles. The van der Waals surface area contributed by atoms with E-state index in [4.69, 9.17) is 16.3 Å². The predicted octanol–water partition coefficient (Wildman–Crippen LogP) is 3.11. The summed E-state index contributed by atoms with van der Waals surface area (Å²) in [4.78, 5) is 12.4. The van der Waals surface area contributed by atoms with Gasteiger partial charge in [-0.25, -0.2) is 0 Å². The molecule has 8 heteroatoms. The van der Waals surface area contributed by atoms with E-state index in [1.54, 1.807) is 23.9 Å². The normalized spacial score (nSPS) is 16.1. The summed E-state index contributed by atoms with van der Waals surface area (Å²) >= 11 is 5.82. The summed E-state index contributed by atoms with van der Waals surface area (Å²) in [6.07, 6.45) is 0.326. The first-order chi connectivity index (χ1) is 12.6. The average molecular weight is 370 g/mol. The highest BCUT2D eigenvalue weighted by atomic mass is 35.5. The molecule has 0 aliphatic carbocycles. The molecule has 0 saturated heterocycles. The zero-order valence-electron chi connectivity index (χ0n) is 14.2. The first kappa shape index (κ1) is 16.5. The zero-order valence-corrected chi connectivity index (χ0v) is 15.0. The largest absolute Gasteiger partial charge is 0.496 e. The number of aryl methyl sites for hydroxylation is 1. The molecule has 1 aromatic carbocycles. The third-order valence-electron chi connectivity index (χ3n) is 4.45. The molecular weight excluding hydrogens is 354 g/mol. The summed E-state index contributed by atoms with van der Waals surface area (Å²) in [6, 6.07) is 11.1. The number of rotatable bonds is 3. The number of hydrogen-bond donors (Lipinski definition) is 1. The van der Waals surface area contributed by atoms with E-state index >= 15 is 0 Å². The maximum absolute atomic E-state index is 12.4. The van der Waals surface area contributed by atoms with E-state index < -0.39 is 0 Å². The van der Waals surface area contributed by atoms with Crippen molar-refractivity contribution >= 4 is 23.3 Å². The van der Waals surface area contributed by atoms with Gasteiger partial charge in [-0.15, -0.1) is 10.2 Å². The Labute approximate surface area is 155 Å². The Bertz CT molecular complexity index is 984. The average Bonchev–Trinajstić information content (AvgIpc) is 2.98. The second-order valence-electron chi connectivity index (χ2n) is 6.02. The maximum Gasteiger partial charge on any atom is 0.226 e. The fourth-order valence-corrected chi connectivity index (χ4v) is 3.46. The van der Waals surface area contributed by atoms with Gasteiger partial charge in [-0.3, -0.25) is 4.79 Å². The number of methoxy groups -OCH3 is 1. The molecule has 1 N–H and O–H groups in total. The van der Waals surface area contributed by atoms with Gasteiger partial charge in [0.25, 0.3) is 0 Å². The van der Waals surface area contributed by atoms with Crippen LogP contribution < -0.4 is 10.1 Å². The lowest BCUT2D eigenvalue weighted by molar-refractivity contribution is -0.116. The molecule has 0 fully saturated rings. The Morgan fingerprint density at radius 1 is 1.23 bits per heavy atom. The number of nitrogens with one attached hydrogen (secondary N) is 1. The van der Waals surface area contributed by atoms with Gasteiger partial charge < -0.3 is 10.1 Å². The number of carbonyl (C=O) groups excluding carboxylic acids is 1. The fourth-order valence-electron chi connectivity index (χ4n) is 3.35. The maximum atomic E-state index is 12.4. The van der Waals surface area contributed by atoms with Crippen LogP contribution in [0.2, 0.25) is 5.15 Å². The molecule has 1 unspecified atom stereocenters. The van der Waals surface area contributed by atoms with Crippen molar-refractivity contribution in [1.82, 2.24) is 20.0 Å². The molecule has 3 aromatic rings. The molecule has 3 heterocycles. The van der Waals surface area contributed by atoms with Crippen LogP contribution in [0.1, 0.15) is 29.2 Å². The number of ether oxygens (including phenoxy) is 1. The minimum absolute atomic E-state index is 0.0866.